The quantitative estimate of drug-likeness (QED) is 0.115. The Morgan fingerprint density at radius 3 is 2.52 bits per heavy atom. The molecule has 1 unspecified atom stereocenters. The zero-order valence-corrected chi connectivity index (χ0v) is 20.8. The molecule has 1 rings (SSSR count). The number of hydrogen-bond acceptors (Lipinski definition) is 4. The summed E-state index contributed by atoms with van der Waals surface area (Å²) in [5.41, 5.74) is 3.43. The van der Waals surface area contributed by atoms with Gasteiger partial charge >= 0.3 is 5.97 Å². The Morgan fingerprint density at radius 1 is 1.06 bits per heavy atom. The molecule has 4 nitrogen and oxygen atoms in total. The van der Waals surface area contributed by atoms with E-state index < -0.39 is 0 Å². The van der Waals surface area contributed by atoms with Crippen molar-refractivity contribution in [3.63, 3.8) is 0 Å². The van der Waals surface area contributed by atoms with Crippen LogP contribution in [-0.4, -0.2) is 23.6 Å². The Kier molecular flexibility index (Phi) is 14.4. The molecule has 0 radical (unpaired) electrons. The van der Waals surface area contributed by atoms with Crippen molar-refractivity contribution in [2.75, 3.05) is 0 Å². The second kappa shape index (κ2) is 16.8. The van der Waals surface area contributed by atoms with Crippen LogP contribution in [0.25, 0.3) is 0 Å². The van der Waals surface area contributed by atoms with Crippen LogP contribution in [0.3, 0.4) is 0 Å². The first-order valence-electron chi connectivity index (χ1n) is 12.1. The number of ether oxygens (including phenoxy) is 1. The molecular weight excluding hydrogens is 412 g/mol. The maximum atomic E-state index is 12.1. The van der Waals surface area contributed by atoms with Crippen molar-refractivity contribution in [3.8, 4) is 0 Å². The predicted molar refractivity (Wildman–Crippen MR) is 136 cm³/mol. The van der Waals surface area contributed by atoms with Gasteiger partial charge in [0.15, 0.2) is 5.78 Å². The Balaban J connectivity index is 2.28. The van der Waals surface area contributed by atoms with Crippen LogP contribution < -0.4 is 0 Å². The molecule has 1 aliphatic rings. The van der Waals surface area contributed by atoms with Crippen molar-refractivity contribution >= 4 is 17.5 Å². The summed E-state index contributed by atoms with van der Waals surface area (Å²) >= 11 is 0. The number of esters is 1. The molecule has 1 heterocycles. The molecule has 0 fully saturated rings. The minimum atomic E-state index is -0.276. The third-order valence-corrected chi connectivity index (χ3v) is 5.32. The van der Waals surface area contributed by atoms with Crippen LogP contribution in [0.4, 0.5) is 0 Å². The fourth-order valence-electron chi connectivity index (χ4n) is 3.44. The van der Waals surface area contributed by atoms with E-state index in [2.05, 4.69) is 31.2 Å². The molecule has 180 valence electrons. The molecule has 4 heteroatoms. The van der Waals surface area contributed by atoms with Crippen molar-refractivity contribution in [1.29, 1.82) is 0 Å². The van der Waals surface area contributed by atoms with Crippen LogP contribution in [0.5, 0.6) is 0 Å². The highest BCUT2D eigenvalue weighted by Crippen LogP contribution is 2.13. The predicted octanol–water partition coefficient (Wildman–Crippen LogP) is 7.09. The smallest absolute Gasteiger partial charge is 0.331 e. The van der Waals surface area contributed by atoms with Gasteiger partial charge in [-0.25, -0.2) is 4.79 Å². The molecule has 0 saturated carbocycles. The lowest BCUT2D eigenvalue weighted by atomic mass is 10.0. The fourth-order valence-corrected chi connectivity index (χ4v) is 3.44. The summed E-state index contributed by atoms with van der Waals surface area (Å²) in [6.45, 7) is 7.66. The molecule has 1 atom stereocenters. The lowest BCUT2D eigenvalue weighted by Crippen LogP contribution is -2.17. The van der Waals surface area contributed by atoms with Gasteiger partial charge in [-0.15, -0.1) is 0 Å². The molecular formula is C29H40O4. The standard InChI is InChI=1S/C29H40O4/c1-5-26(19-21-28-16-11-17-29(32)33-28)14-8-6-7-12-23(2)18-20-27(31)15-10-9-13-24(3)22-25(4)30/h7,11-12,14,17-19,21-22,28H,5-6,8-10,13,15-16,20H2,1-4H3/b12-7+,21-19+,23-18+,24-22+,26-14-. The molecule has 0 aromatic rings. The minimum absolute atomic E-state index is 0.0808. The fraction of sp³-hybridized carbons (Fsp3) is 0.483. The van der Waals surface area contributed by atoms with Crippen molar-refractivity contribution in [2.45, 2.75) is 91.6 Å². The van der Waals surface area contributed by atoms with Crippen molar-refractivity contribution < 1.29 is 19.1 Å². The monoisotopic (exact) mass is 452 g/mol. The van der Waals surface area contributed by atoms with Crippen LogP contribution in [0.15, 0.2) is 71.4 Å². The van der Waals surface area contributed by atoms with Crippen LogP contribution in [0.2, 0.25) is 0 Å². The first-order chi connectivity index (χ1) is 15.8. The van der Waals surface area contributed by atoms with Crippen LogP contribution in [-0.2, 0) is 19.1 Å². The average Bonchev–Trinajstić information content (AvgIpc) is 2.76. The van der Waals surface area contributed by atoms with Crippen molar-refractivity contribution in [3.05, 3.63) is 71.4 Å². The van der Waals surface area contributed by atoms with Gasteiger partial charge in [0, 0.05) is 25.3 Å². The molecule has 0 amide bonds. The van der Waals surface area contributed by atoms with Crippen molar-refractivity contribution in [1.82, 2.24) is 0 Å². The van der Waals surface area contributed by atoms with E-state index in [9.17, 15) is 14.4 Å². The maximum Gasteiger partial charge on any atom is 0.331 e. The molecule has 0 N–H and O–H groups in total. The summed E-state index contributed by atoms with van der Waals surface area (Å²) in [4.78, 5) is 34.4. The summed E-state index contributed by atoms with van der Waals surface area (Å²) in [5.74, 6) is 0.0662. The van der Waals surface area contributed by atoms with Crippen molar-refractivity contribution in [2.24, 2.45) is 0 Å². The Labute approximate surface area is 199 Å². The normalized spacial score (nSPS) is 17.8. The van der Waals surface area contributed by atoms with Gasteiger partial charge in [0.05, 0.1) is 0 Å². The van der Waals surface area contributed by atoms with Gasteiger partial charge in [0.2, 0.25) is 0 Å². The van der Waals surface area contributed by atoms with Crippen LogP contribution in [0, 0.1) is 0 Å². The van der Waals surface area contributed by atoms with E-state index in [1.54, 1.807) is 13.0 Å². The molecule has 0 aromatic carbocycles. The highest BCUT2D eigenvalue weighted by molar-refractivity contribution is 5.87. The number of Topliss-reactive ketones (excluding diaryl/α,β-unsaturated/α-hetero) is 1. The number of unbranched alkanes of at least 4 members (excludes halogenated alkanes) is 2. The molecule has 0 aromatic heterocycles. The van der Waals surface area contributed by atoms with E-state index in [1.807, 2.05) is 32.1 Å². The third kappa shape index (κ3) is 14.8. The second-order valence-electron chi connectivity index (χ2n) is 8.58. The first kappa shape index (κ1) is 28.3. The van der Waals surface area contributed by atoms with E-state index in [0.29, 0.717) is 12.8 Å². The molecule has 33 heavy (non-hydrogen) atoms. The maximum absolute atomic E-state index is 12.1. The number of ketones is 2. The first-order valence-corrected chi connectivity index (χ1v) is 12.1. The summed E-state index contributed by atoms with van der Waals surface area (Å²) < 4.78 is 5.24. The van der Waals surface area contributed by atoms with Crippen LogP contribution >= 0.6 is 0 Å². The molecule has 0 bridgehead atoms. The number of hydrogen-bond donors (Lipinski definition) is 0. The van der Waals surface area contributed by atoms with Gasteiger partial charge in [-0.2, -0.15) is 0 Å². The molecule has 1 aliphatic heterocycles. The number of allylic oxidation sites excluding steroid dienone is 9. The van der Waals surface area contributed by atoms with Crippen LogP contribution in [0.1, 0.15) is 85.5 Å². The van der Waals surface area contributed by atoms with E-state index in [-0.39, 0.29) is 23.6 Å². The second-order valence-corrected chi connectivity index (χ2v) is 8.58. The topological polar surface area (TPSA) is 60.4 Å². The van der Waals surface area contributed by atoms with Gasteiger partial charge in [-0.05, 0) is 71.4 Å². The Hall–Kier alpha value is -2.75. The third-order valence-electron chi connectivity index (χ3n) is 5.32. The van der Waals surface area contributed by atoms with E-state index in [0.717, 1.165) is 56.1 Å². The summed E-state index contributed by atoms with van der Waals surface area (Å²) in [7, 11) is 0. The minimum Gasteiger partial charge on any atom is -0.455 e. The number of carbonyl (C=O) groups is 3. The number of cyclic esters (lactones) is 1. The highest BCUT2D eigenvalue weighted by atomic mass is 16.5. The largest absolute Gasteiger partial charge is 0.455 e. The van der Waals surface area contributed by atoms with Gasteiger partial charge in [-0.1, -0.05) is 60.1 Å². The molecule has 0 spiro atoms. The number of rotatable bonds is 15. The lowest BCUT2D eigenvalue weighted by Gasteiger charge is -2.14. The molecule has 0 saturated heterocycles. The van der Waals surface area contributed by atoms with E-state index in [1.165, 1.54) is 11.6 Å². The Morgan fingerprint density at radius 2 is 1.82 bits per heavy atom. The number of carbonyl (C=O) groups excluding carboxylic acids is 3. The summed E-state index contributed by atoms with van der Waals surface area (Å²) in [6, 6.07) is 0. The molecule has 0 aliphatic carbocycles. The summed E-state index contributed by atoms with van der Waals surface area (Å²) in [6.07, 6.45) is 24.6. The van der Waals surface area contributed by atoms with E-state index in [4.69, 9.17) is 4.74 Å². The van der Waals surface area contributed by atoms with Gasteiger partial charge < -0.3 is 4.74 Å². The van der Waals surface area contributed by atoms with Gasteiger partial charge in [0.1, 0.15) is 11.9 Å². The summed E-state index contributed by atoms with van der Waals surface area (Å²) in [5, 5.41) is 0. The SMILES string of the molecule is CCC(=C/CC/C=C/C(C)=C/CC(=O)CCCC/C(C)=C/C(C)=O)/C=C/C1CC=CC(=O)O1. The zero-order chi connectivity index (χ0) is 24.5. The lowest BCUT2D eigenvalue weighted by molar-refractivity contribution is -0.141. The van der Waals surface area contributed by atoms with Gasteiger partial charge in [-0.3, -0.25) is 9.59 Å². The highest BCUT2D eigenvalue weighted by Gasteiger charge is 2.12. The average molecular weight is 453 g/mol. The van der Waals surface area contributed by atoms with E-state index >= 15 is 0 Å². The zero-order valence-electron chi connectivity index (χ0n) is 20.8. The van der Waals surface area contributed by atoms with Gasteiger partial charge in [0.25, 0.3) is 0 Å². The Bertz CT molecular complexity index is 834.